The van der Waals surface area contributed by atoms with Gasteiger partial charge in [-0.05, 0) is 30.2 Å². The van der Waals surface area contributed by atoms with Crippen LogP contribution in [0, 0.1) is 18.2 Å². The highest BCUT2D eigenvalue weighted by atomic mass is 19.1. The Hall–Kier alpha value is -1.57. The molecule has 1 aromatic rings. The van der Waals surface area contributed by atoms with Crippen molar-refractivity contribution in [1.82, 2.24) is 5.43 Å². The molecule has 1 atom stereocenters. The SMILES string of the molecule is C#CCCC(NN)c1cc(F)ccc1N. The van der Waals surface area contributed by atoms with Gasteiger partial charge >= 0.3 is 0 Å². The van der Waals surface area contributed by atoms with Crippen LogP contribution >= 0.6 is 0 Å². The number of rotatable bonds is 4. The Kier molecular flexibility index (Phi) is 4.10. The summed E-state index contributed by atoms with van der Waals surface area (Å²) >= 11 is 0. The molecular weight excluding hydrogens is 193 g/mol. The van der Waals surface area contributed by atoms with Crippen LogP contribution in [0.1, 0.15) is 24.4 Å². The molecule has 0 aromatic heterocycles. The highest BCUT2D eigenvalue weighted by molar-refractivity contribution is 5.48. The van der Waals surface area contributed by atoms with Crippen molar-refractivity contribution in [3.63, 3.8) is 0 Å². The van der Waals surface area contributed by atoms with Crippen LogP contribution in [0.5, 0.6) is 0 Å². The highest BCUT2D eigenvalue weighted by Gasteiger charge is 2.12. The van der Waals surface area contributed by atoms with E-state index >= 15 is 0 Å². The maximum atomic E-state index is 13.0. The average molecular weight is 207 g/mol. The van der Waals surface area contributed by atoms with Gasteiger partial charge in [0.1, 0.15) is 5.82 Å². The van der Waals surface area contributed by atoms with Gasteiger partial charge in [-0.3, -0.25) is 11.3 Å². The molecular formula is C11H14FN3. The fourth-order valence-electron chi connectivity index (χ4n) is 1.40. The van der Waals surface area contributed by atoms with Crippen LogP contribution in [0.4, 0.5) is 10.1 Å². The molecule has 0 fully saturated rings. The van der Waals surface area contributed by atoms with Gasteiger partial charge in [0.15, 0.2) is 0 Å². The van der Waals surface area contributed by atoms with E-state index in [0.717, 1.165) is 0 Å². The van der Waals surface area contributed by atoms with E-state index in [2.05, 4.69) is 11.3 Å². The maximum Gasteiger partial charge on any atom is 0.123 e. The molecule has 4 heteroatoms. The predicted octanol–water partition coefficient (Wildman–Crippen LogP) is 1.33. The molecule has 0 heterocycles. The van der Waals surface area contributed by atoms with E-state index in [1.165, 1.54) is 18.2 Å². The van der Waals surface area contributed by atoms with Gasteiger partial charge in [0, 0.05) is 18.2 Å². The molecule has 0 amide bonds. The number of nitrogens with one attached hydrogen (secondary N) is 1. The number of anilines is 1. The summed E-state index contributed by atoms with van der Waals surface area (Å²) in [4.78, 5) is 0. The number of halogens is 1. The van der Waals surface area contributed by atoms with E-state index in [9.17, 15) is 4.39 Å². The zero-order valence-electron chi connectivity index (χ0n) is 8.33. The van der Waals surface area contributed by atoms with E-state index in [1.807, 2.05) is 0 Å². The van der Waals surface area contributed by atoms with Gasteiger partial charge in [0.05, 0.1) is 0 Å². The summed E-state index contributed by atoms with van der Waals surface area (Å²) in [7, 11) is 0. The molecule has 1 rings (SSSR count). The first-order chi connectivity index (χ1) is 7.19. The van der Waals surface area contributed by atoms with E-state index in [0.29, 0.717) is 24.1 Å². The molecule has 0 spiro atoms. The summed E-state index contributed by atoms with van der Waals surface area (Å²) in [5, 5.41) is 0. The van der Waals surface area contributed by atoms with Crippen molar-refractivity contribution < 1.29 is 4.39 Å². The minimum Gasteiger partial charge on any atom is -0.398 e. The monoisotopic (exact) mass is 207 g/mol. The molecule has 0 saturated heterocycles. The minimum absolute atomic E-state index is 0.211. The zero-order chi connectivity index (χ0) is 11.3. The van der Waals surface area contributed by atoms with Gasteiger partial charge in [-0.2, -0.15) is 0 Å². The van der Waals surface area contributed by atoms with Crippen LogP contribution in [0.15, 0.2) is 18.2 Å². The normalized spacial score (nSPS) is 12.1. The average Bonchev–Trinajstić information content (AvgIpc) is 2.24. The lowest BCUT2D eigenvalue weighted by molar-refractivity contribution is 0.520. The van der Waals surface area contributed by atoms with Crippen LogP contribution in [0.2, 0.25) is 0 Å². The van der Waals surface area contributed by atoms with Gasteiger partial charge in [0.25, 0.3) is 0 Å². The fourth-order valence-corrected chi connectivity index (χ4v) is 1.40. The van der Waals surface area contributed by atoms with Crippen LogP contribution < -0.4 is 17.0 Å². The minimum atomic E-state index is -0.333. The summed E-state index contributed by atoms with van der Waals surface area (Å²) in [5.74, 6) is 7.54. The molecule has 0 aliphatic rings. The lowest BCUT2D eigenvalue weighted by Crippen LogP contribution is -2.28. The van der Waals surface area contributed by atoms with Crippen LogP contribution in [0.25, 0.3) is 0 Å². The van der Waals surface area contributed by atoms with Gasteiger partial charge < -0.3 is 5.73 Å². The van der Waals surface area contributed by atoms with Gasteiger partial charge in [0.2, 0.25) is 0 Å². The van der Waals surface area contributed by atoms with E-state index in [1.54, 1.807) is 0 Å². The predicted molar refractivity (Wildman–Crippen MR) is 58.9 cm³/mol. The second-order valence-corrected chi connectivity index (χ2v) is 3.24. The molecule has 3 nitrogen and oxygen atoms in total. The summed E-state index contributed by atoms with van der Waals surface area (Å²) in [6.45, 7) is 0. The highest BCUT2D eigenvalue weighted by Crippen LogP contribution is 2.24. The number of benzene rings is 1. The number of nitrogen functional groups attached to an aromatic ring is 1. The molecule has 0 aliphatic heterocycles. The van der Waals surface area contributed by atoms with Crippen molar-refractivity contribution in [3.8, 4) is 12.3 Å². The molecule has 15 heavy (non-hydrogen) atoms. The second kappa shape index (κ2) is 5.35. The quantitative estimate of drug-likeness (QED) is 0.302. The zero-order valence-corrected chi connectivity index (χ0v) is 8.33. The third-order valence-electron chi connectivity index (χ3n) is 2.20. The van der Waals surface area contributed by atoms with Crippen molar-refractivity contribution in [2.45, 2.75) is 18.9 Å². The van der Waals surface area contributed by atoms with Gasteiger partial charge in [-0.25, -0.2) is 4.39 Å². The molecule has 0 radical (unpaired) electrons. The van der Waals surface area contributed by atoms with Crippen LogP contribution in [-0.2, 0) is 0 Å². The lowest BCUT2D eigenvalue weighted by Gasteiger charge is -2.17. The Morgan fingerprint density at radius 3 is 2.87 bits per heavy atom. The molecule has 0 saturated carbocycles. The smallest absolute Gasteiger partial charge is 0.123 e. The lowest BCUT2D eigenvalue weighted by atomic mass is 10.0. The summed E-state index contributed by atoms with van der Waals surface area (Å²) in [5.41, 5.74) is 9.46. The van der Waals surface area contributed by atoms with E-state index in [-0.39, 0.29) is 11.9 Å². The number of hydrazine groups is 1. The van der Waals surface area contributed by atoms with E-state index in [4.69, 9.17) is 18.0 Å². The second-order valence-electron chi connectivity index (χ2n) is 3.24. The third kappa shape index (κ3) is 2.94. The maximum absolute atomic E-state index is 13.0. The first-order valence-electron chi connectivity index (χ1n) is 4.63. The molecule has 0 aliphatic carbocycles. The van der Waals surface area contributed by atoms with Crippen molar-refractivity contribution in [1.29, 1.82) is 0 Å². The largest absolute Gasteiger partial charge is 0.398 e. The summed E-state index contributed by atoms with van der Waals surface area (Å²) in [6.07, 6.45) is 6.34. The van der Waals surface area contributed by atoms with Crippen molar-refractivity contribution in [2.75, 3.05) is 5.73 Å². The van der Waals surface area contributed by atoms with Crippen molar-refractivity contribution >= 4 is 5.69 Å². The molecule has 1 aromatic carbocycles. The Morgan fingerprint density at radius 2 is 2.27 bits per heavy atom. The Balaban J connectivity index is 2.91. The fraction of sp³-hybridized carbons (Fsp3) is 0.273. The molecule has 0 bridgehead atoms. The number of nitrogens with two attached hydrogens (primary N) is 2. The Labute approximate surface area is 88.6 Å². The van der Waals surface area contributed by atoms with E-state index < -0.39 is 0 Å². The third-order valence-corrected chi connectivity index (χ3v) is 2.20. The van der Waals surface area contributed by atoms with Gasteiger partial charge in [-0.1, -0.05) is 0 Å². The number of terminal acetylenes is 1. The van der Waals surface area contributed by atoms with Crippen LogP contribution in [0.3, 0.4) is 0 Å². The first-order valence-corrected chi connectivity index (χ1v) is 4.63. The number of hydrogen-bond acceptors (Lipinski definition) is 3. The first kappa shape index (κ1) is 11.5. The molecule has 5 N–H and O–H groups in total. The molecule has 80 valence electrons. The summed E-state index contributed by atoms with van der Waals surface area (Å²) in [6, 6.07) is 3.99. The topological polar surface area (TPSA) is 64.1 Å². The Morgan fingerprint density at radius 1 is 1.53 bits per heavy atom. The van der Waals surface area contributed by atoms with Crippen molar-refractivity contribution in [2.24, 2.45) is 5.84 Å². The Bertz CT molecular complexity index is 371. The van der Waals surface area contributed by atoms with Gasteiger partial charge in [-0.15, -0.1) is 12.3 Å². The standard InChI is InChI=1S/C11H14FN3/c1-2-3-4-11(15-14)9-7-8(12)5-6-10(9)13/h1,5-7,11,15H,3-4,13-14H2. The molecule has 1 unspecified atom stereocenters. The van der Waals surface area contributed by atoms with Crippen LogP contribution in [-0.4, -0.2) is 0 Å². The summed E-state index contributed by atoms with van der Waals surface area (Å²) < 4.78 is 13.0. The number of hydrogen-bond donors (Lipinski definition) is 3. The van der Waals surface area contributed by atoms with Crippen molar-refractivity contribution in [3.05, 3.63) is 29.6 Å².